The van der Waals surface area contributed by atoms with E-state index in [0.29, 0.717) is 59.6 Å². The van der Waals surface area contributed by atoms with Crippen molar-refractivity contribution in [2.45, 2.75) is 38.8 Å². The molecule has 0 radical (unpaired) electrons. The molecular formula is C25H28Cl2N2O7. The van der Waals surface area contributed by atoms with Gasteiger partial charge in [-0.25, -0.2) is 9.59 Å². The van der Waals surface area contributed by atoms with Crippen LogP contribution in [0.15, 0.2) is 36.4 Å². The van der Waals surface area contributed by atoms with Crippen LogP contribution in [0.25, 0.3) is 0 Å². The zero-order valence-electron chi connectivity index (χ0n) is 20.0. The number of carbonyl (C=O) groups excluding carboxylic acids is 2. The fraction of sp³-hybridized carbons (Fsp3) is 0.400. The van der Waals surface area contributed by atoms with Crippen molar-refractivity contribution in [3.8, 4) is 0 Å². The fourth-order valence-corrected chi connectivity index (χ4v) is 4.43. The predicted octanol–water partition coefficient (Wildman–Crippen LogP) is 5.29. The highest BCUT2D eigenvalue weighted by molar-refractivity contribution is 6.39. The number of halogens is 2. The Morgan fingerprint density at radius 1 is 1.14 bits per heavy atom. The number of nitrogens with one attached hydrogen (secondary N) is 1. The lowest BCUT2D eigenvalue weighted by atomic mass is 9.94. The second-order valence-electron chi connectivity index (χ2n) is 8.25. The van der Waals surface area contributed by atoms with Gasteiger partial charge in [0.15, 0.2) is 6.79 Å². The number of carbonyl (C=O) groups is 3. The average molecular weight is 539 g/mol. The Kier molecular flexibility index (Phi) is 9.95. The van der Waals surface area contributed by atoms with E-state index in [1.54, 1.807) is 30.3 Å². The van der Waals surface area contributed by atoms with Gasteiger partial charge in [-0.2, -0.15) is 0 Å². The number of para-hydroxylation sites is 1. The van der Waals surface area contributed by atoms with Gasteiger partial charge < -0.3 is 24.6 Å². The number of hydrogen-bond donors (Lipinski definition) is 2. The standard InChI is InChI=1S/C17H17Cl2NO3.C8H11NO4/c1-3-22-10-23-17(21)12-6-4-5-7-14(12)20-16-13(18)9-8-11(2)15(16)19;10-7-1-5-3-13-4-6(2-7)9(5)8(11)12/h4-9,20H,3,10H2,1-2H3;5-6H,1-4H2,(H,11,12). The molecule has 0 aromatic heterocycles. The number of morpholine rings is 1. The van der Waals surface area contributed by atoms with Gasteiger partial charge in [-0.05, 0) is 37.6 Å². The second kappa shape index (κ2) is 12.9. The van der Waals surface area contributed by atoms with Gasteiger partial charge >= 0.3 is 12.1 Å². The number of amides is 1. The normalized spacial score (nSPS) is 18.7. The minimum atomic E-state index is -0.939. The van der Waals surface area contributed by atoms with Crippen molar-refractivity contribution in [3.05, 3.63) is 57.6 Å². The first-order valence-electron chi connectivity index (χ1n) is 11.4. The summed E-state index contributed by atoms with van der Waals surface area (Å²) in [6.45, 7) is 4.80. The van der Waals surface area contributed by atoms with Crippen molar-refractivity contribution in [2.24, 2.45) is 0 Å². The second-order valence-corrected chi connectivity index (χ2v) is 9.03. The molecule has 0 aliphatic carbocycles. The van der Waals surface area contributed by atoms with Crippen LogP contribution in [0.1, 0.15) is 35.7 Å². The van der Waals surface area contributed by atoms with Gasteiger partial charge in [-0.3, -0.25) is 9.69 Å². The van der Waals surface area contributed by atoms with Crippen LogP contribution in [0.5, 0.6) is 0 Å². The van der Waals surface area contributed by atoms with Crippen LogP contribution >= 0.6 is 23.2 Å². The quantitative estimate of drug-likeness (QED) is 0.289. The Hall–Kier alpha value is -2.85. The molecule has 194 valence electrons. The number of ether oxygens (including phenoxy) is 3. The zero-order valence-corrected chi connectivity index (χ0v) is 21.5. The minimum absolute atomic E-state index is 0.0877. The van der Waals surface area contributed by atoms with Crippen LogP contribution in [0.2, 0.25) is 10.0 Å². The number of benzene rings is 2. The summed E-state index contributed by atoms with van der Waals surface area (Å²) in [7, 11) is 0. The Balaban J connectivity index is 0.000000233. The maximum absolute atomic E-state index is 12.2. The van der Waals surface area contributed by atoms with Crippen LogP contribution in [0.4, 0.5) is 16.2 Å². The maximum atomic E-state index is 12.2. The van der Waals surface area contributed by atoms with Gasteiger partial charge in [0, 0.05) is 19.4 Å². The van der Waals surface area contributed by atoms with E-state index < -0.39 is 12.1 Å². The Morgan fingerprint density at radius 2 is 1.81 bits per heavy atom. The Bertz CT molecular complexity index is 1100. The van der Waals surface area contributed by atoms with E-state index in [9.17, 15) is 14.4 Å². The van der Waals surface area contributed by atoms with Crippen LogP contribution < -0.4 is 5.32 Å². The third-order valence-electron chi connectivity index (χ3n) is 5.72. The van der Waals surface area contributed by atoms with Crippen LogP contribution in [0, 0.1) is 6.92 Å². The number of anilines is 2. The number of hydrogen-bond acceptors (Lipinski definition) is 7. The minimum Gasteiger partial charge on any atom is -0.465 e. The molecular weight excluding hydrogens is 511 g/mol. The number of Topliss-reactive ketones (excluding diaryl/α,β-unsaturated/α-hetero) is 1. The number of esters is 1. The van der Waals surface area contributed by atoms with E-state index in [4.69, 9.17) is 42.5 Å². The molecule has 2 heterocycles. The SMILES string of the molecule is CCOCOC(=O)c1ccccc1Nc1c(Cl)ccc(C)c1Cl.O=C1CC2COCC(C1)N2C(=O)O. The highest BCUT2D eigenvalue weighted by Gasteiger charge is 2.41. The first-order valence-corrected chi connectivity index (χ1v) is 12.1. The number of carboxylic acid groups (broad SMARTS) is 1. The summed E-state index contributed by atoms with van der Waals surface area (Å²) in [5, 5.41) is 13.0. The van der Waals surface area contributed by atoms with Crippen LogP contribution in [0.3, 0.4) is 0 Å². The Labute approximate surface area is 219 Å². The molecule has 2 aromatic rings. The molecule has 11 heteroatoms. The lowest BCUT2D eigenvalue weighted by Crippen LogP contribution is -2.58. The summed E-state index contributed by atoms with van der Waals surface area (Å²) in [5.74, 6) is -0.336. The lowest BCUT2D eigenvalue weighted by Gasteiger charge is -2.43. The summed E-state index contributed by atoms with van der Waals surface area (Å²) >= 11 is 12.5. The molecule has 2 fully saturated rings. The maximum Gasteiger partial charge on any atom is 0.407 e. The largest absolute Gasteiger partial charge is 0.465 e. The van der Waals surface area contributed by atoms with Crippen molar-refractivity contribution in [1.29, 1.82) is 0 Å². The van der Waals surface area contributed by atoms with Crippen molar-refractivity contribution in [3.63, 3.8) is 0 Å². The van der Waals surface area contributed by atoms with E-state index in [1.807, 2.05) is 19.9 Å². The van der Waals surface area contributed by atoms with E-state index in [1.165, 1.54) is 4.90 Å². The number of fused-ring (bicyclic) bond motifs is 2. The molecule has 0 saturated carbocycles. The predicted molar refractivity (Wildman–Crippen MR) is 135 cm³/mol. The number of piperidine rings is 1. The molecule has 2 aliphatic heterocycles. The fourth-order valence-electron chi connectivity index (χ4n) is 3.97. The lowest BCUT2D eigenvalue weighted by molar-refractivity contribution is -0.132. The number of aryl methyl sites for hydroxylation is 1. The van der Waals surface area contributed by atoms with E-state index in [-0.39, 0.29) is 24.7 Å². The van der Waals surface area contributed by atoms with Gasteiger partial charge in [0.1, 0.15) is 5.78 Å². The first kappa shape index (κ1) is 27.7. The molecule has 2 saturated heterocycles. The number of ketones is 1. The molecule has 2 atom stereocenters. The van der Waals surface area contributed by atoms with Crippen molar-refractivity contribution in [1.82, 2.24) is 4.90 Å². The number of nitrogens with zero attached hydrogens (tertiary/aromatic N) is 1. The van der Waals surface area contributed by atoms with Gasteiger partial charge in [0.05, 0.1) is 52.3 Å². The summed E-state index contributed by atoms with van der Waals surface area (Å²) in [4.78, 5) is 35.5. The molecule has 1 amide bonds. The monoisotopic (exact) mass is 538 g/mol. The molecule has 36 heavy (non-hydrogen) atoms. The van der Waals surface area contributed by atoms with Gasteiger partial charge in [-0.1, -0.05) is 41.4 Å². The molecule has 2 aliphatic rings. The molecule has 2 unspecified atom stereocenters. The van der Waals surface area contributed by atoms with Crippen molar-refractivity contribution < 1.29 is 33.7 Å². The van der Waals surface area contributed by atoms with Crippen molar-refractivity contribution in [2.75, 3.05) is 31.9 Å². The van der Waals surface area contributed by atoms with Crippen LogP contribution in [-0.4, -0.2) is 66.5 Å². The third-order valence-corrected chi connectivity index (χ3v) is 6.53. The summed E-state index contributed by atoms with van der Waals surface area (Å²) in [6, 6.07) is 10.1. The molecule has 2 bridgehead atoms. The first-order chi connectivity index (χ1) is 17.2. The smallest absolute Gasteiger partial charge is 0.407 e. The van der Waals surface area contributed by atoms with Crippen LogP contribution in [-0.2, 0) is 19.0 Å². The molecule has 2 N–H and O–H groups in total. The molecule has 4 rings (SSSR count). The molecule has 0 spiro atoms. The van der Waals surface area contributed by atoms with Gasteiger partial charge in [0.25, 0.3) is 0 Å². The van der Waals surface area contributed by atoms with E-state index in [2.05, 4.69) is 5.32 Å². The summed E-state index contributed by atoms with van der Waals surface area (Å²) in [6.07, 6.45) is -0.322. The molecule has 9 nitrogen and oxygen atoms in total. The molecule has 2 aromatic carbocycles. The third kappa shape index (κ3) is 6.88. The summed E-state index contributed by atoms with van der Waals surface area (Å²) < 4.78 is 15.3. The highest BCUT2D eigenvalue weighted by atomic mass is 35.5. The highest BCUT2D eigenvalue weighted by Crippen LogP contribution is 2.36. The number of rotatable bonds is 6. The van der Waals surface area contributed by atoms with E-state index >= 15 is 0 Å². The van der Waals surface area contributed by atoms with E-state index in [0.717, 1.165) is 5.56 Å². The Morgan fingerprint density at radius 3 is 2.44 bits per heavy atom. The van der Waals surface area contributed by atoms with Gasteiger partial charge in [0.2, 0.25) is 0 Å². The topological polar surface area (TPSA) is 114 Å². The van der Waals surface area contributed by atoms with Gasteiger partial charge in [-0.15, -0.1) is 0 Å². The average Bonchev–Trinajstić information content (AvgIpc) is 2.84. The summed E-state index contributed by atoms with van der Waals surface area (Å²) in [5.41, 5.74) is 2.37. The zero-order chi connectivity index (χ0) is 26.2. The van der Waals surface area contributed by atoms with Crippen molar-refractivity contribution >= 4 is 52.4 Å².